The molecule has 82 valence electrons. The Bertz CT molecular complexity index is 300. The third-order valence-electron chi connectivity index (χ3n) is 1.95. The minimum Gasteiger partial charge on any atom is -0.480 e. The highest BCUT2D eigenvalue weighted by Crippen LogP contribution is 2.03. The monoisotopic (exact) mass is 209 g/mol. The van der Waals surface area contributed by atoms with Crippen LogP contribution in [0.25, 0.3) is 0 Å². The minimum atomic E-state index is -0.910. The molecule has 0 unspecified atom stereocenters. The first-order valence-corrected chi connectivity index (χ1v) is 4.88. The molecular weight excluding hydrogens is 194 g/mol. The lowest BCUT2D eigenvalue weighted by atomic mass is 10.1. The van der Waals surface area contributed by atoms with E-state index in [1.165, 1.54) is 0 Å². The third-order valence-corrected chi connectivity index (χ3v) is 1.95. The van der Waals surface area contributed by atoms with Crippen molar-refractivity contribution in [3.8, 4) is 0 Å². The lowest BCUT2D eigenvalue weighted by Crippen LogP contribution is -2.38. The summed E-state index contributed by atoms with van der Waals surface area (Å²) in [6.45, 7) is 2.24. The molecule has 0 fully saturated rings. The van der Waals surface area contributed by atoms with E-state index in [2.05, 4.69) is 5.48 Å². The van der Waals surface area contributed by atoms with Gasteiger partial charge in [-0.25, -0.2) is 0 Å². The molecule has 0 aliphatic carbocycles. The maximum absolute atomic E-state index is 10.9. The van der Waals surface area contributed by atoms with Crippen LogP contribution in [0.15, 0.2) is 30.3 Å². The van der Waals surface area contributed by atoms with Crippen LogP contribution in [0.5, 0.6) is 0 Å². The summed E-state index contributed by atoms with van der Waals surface area (Å²) in [5.41, 5.74) is 3.49. The summed E-state index contributed by atoms with van der Waals surface area (Å²) in [5.74, 6) is -0.910. The van der Waals surface area contributed by atoms with Crippen molar-refractivity contribution in [3.05, 3.63) is 35.9 Å². The van der Waals surface area contributed by atoms with Crippen LogP contribution in [0.1, 0.15) is 12.5 Å². The van der Waals surface area contributed by atoms with E-state index in [-0.39, 0.29) is 0 Å². The summed E-state index contributed by atoms with van der Waals surface area (Å²) in [4.78, 5) is 15.8. The van der Waals surface area contributed by atoms with Gasteiger partial charge < -0.3 is 9.94 Å². The number of aliphatic carboxylic acids is 1. The van der Waals surface area contributed by atoms with Crippen molar-refractivity contribution in [2.24, 2.45) is 0 Å². The average Bonchev–Trinajstić information content (AvgIpc) is 2.25. The van der Waals surface area contributed by atoms with Gasteiger partial charge in [-0.3, -0.25) is 4.79 Å². The normalized spacial score (nSPS) is 12.3. The van der Waals surface area contributed by atoms with Crippen molar-refractivity contribution >= 4 is 5.97 Å². The van der Waals surface area contributed by atoms with Crippen LogP contribution in [0.3, 0.4) is 0 Å². The highest BCUT2D eigenvalue weighted by molar-refractivity contribution is 5.73. The molecule has 1 aromatic rings. The van der Waals surface area contributed by atoms with Gasteiger partial charge in [0.05, 0.1) is 6.61 Å². The Balaban J connectivity index is 2.55. The van der Waals surface area contributed by atoms with Crippen molar-refractivity contribution in [2.45, 2.75) is 19.4 Å². The van der Waals surface area contributed by atoms with Gasteiger partial charge in [0.1, 0.15) is 6.04 Å². The van der Waals surface area contributed by atoms with Gasteiger partial charge in [-0.2, -0.15) is 5.48 Å². The van der Waals surface area contributed by atoms with Crippen LogP contribution in [0.2, 0.25) is 0 Å². The summed E-state index contributed by atoms with van der Waals surface area (Å²) in [6, 6.07) is 8.75. The molecule has 0 spiro atoms. The number of hydrogen-bond donors (Lipinski definition) is 2. The number of carboxylic acids is 1. The fourth-order valence-corrected chi connectivity index (χ4v) is 1.21. The second kappa shape index (κ2) is 6.16. The van der Waals surface area contributed by atoms with Crippen molar-refractivity contribution in [1.82, 2.24) is 5.48 Å². The molecule has 0 amide bonds. The predicted molar refractivity (Wildman–Crippen MR) is 56.3 cm³/mol. The van der Waals surface area contributed by atoms with E-state index in [4.69, 9.17) is 9.94 Å². The van der Waals surface area contributed by atoms with Crippen molar-refractivity contribution in [1.29, 1.82) is 0 Å². The molecule has 0 saturated heterocycles. The van der Waals surface area contributed by atoms with Gasteiger partial charge in [0.25, 0.3) is 0 Å². The van der Waals surface area contributed by atoms with E-state index < -0.39 is 12.0 Å². The second-order valence-electron chi connectivity index (χ2n) is 3.13. The molecule has 0 aliphatic rings. The number of carboxylic acid groups (broad SMARTS) is 1. The van der Waals surface area contributed by atoms with Crippen molar-refractivity contribution < 1.29 is 14.7 Å². The Labute approximate surface area is 88.8 Å². The number of hydroxylamine groups is 1. The standard InChI is InChI=1S/C11H15NO3/c1-2-15-12-10(11(13)14)8-9-6-4-3-5-7-9/h3-7,10,12H,2,8H2,1H3,(H,13,14)/t10-/m0/s1. The summed E-state index contributed by atoms with van der Waals surface area (Å²) in [5, 5.41) is 8.92. The van der Waals surface area contributed by atoms with E-state index >= 15 is 0 Å². The smallest absolute Gasteiger partial charge is 0.323 e. The quantitative estimate of drug-likeness (QED) is 0.692. The molecule has 1 atom stereocenters. The van der Waals surface area contributed by atoms with E-state index in [1.807, 2.05) is 30.3 Å². The summed E-state index contributed by atoms with van der Waals surface area (Å²) >= 11 is 0. The summed E-state index contributed by atoms with van der Waals surface area (Å²) < 4.78 is 0. The van der Waals surface area contributed by atoms with Gasteiger partial charge >= 0.3 is 5.97 Å². The summed E-state index contributed by atoms with van der Waals surface area (Å²) in [7, 11) is 0. The highest BCUT2D eigenvalue weighted by Gasteiger charge is 2.17. The fraction of sp³-hybridized carbons (Fsp3) is 0.364. The molecule has 0 aliphatic heterocycles. The molecule has 0 aromatic heterocycles. The Kier molecular flexibility index (Phi) is 4.80. The van der Waals surface area contributed by atoms with Gasteiger partial charge in [-0.05, 0) is 12.5 Å². The van der Waals surface area contributed by atoms with E-state index in [0.29, 0.717) is 13.0 Å². The number of carbonyl (C=O) groups is 1. The van der Waals surface area contributed by atoms with Crippen LogP contribution >= 0.6 is 0 Å². The maximum atomic E-state index is 10.9. The van der Waals surface area contributed by atoms with E-state index in [0.717, 1.165) is 5.56 Å². The number of nitrogens with one attached hydrogen (secondary N) is 1. The molecule has 0 saturated carbocycles. The average molecular weight is 209 g/mol. The topological polar surface area (TPSA) is 58.6 Å². The Morgan fingerprint density at radius 3 is 2.67 bits per heavy atom. The number of benzene rings is 1. The molecule has 1 rings (SSSR count). The SMILES string of the molecule is CCON[C@@H](Cc1ccccc1)C(=O)O. The van der Waals surface area contributed by atoms with Crippen LogP contribution in [-0.4, -0.2) is 23.7 Å². The van der Waals surface area contributed by atoms with Crippen molar-refractivity contribution in [3.63, 3.8) is 0 Å². The minimum absolute atomic E-state index is 0.413. The molecule has 2 N–H and O–H groups in total. The number of hydrogen-bond acceptors (Lipinski definition) is 3. The van der Waals surface area contributed by atoms with Crippen LogP contribution in [-0.2, 0) is 16.1 Å². The second-order valence-corrected chi connectivity index (χ2v) is 3.13. The zero-order valence-electron chi connectivity index (χ0n) is 8.64. The van der Waals surface area contributed by atoms with Crippen LogP contribution in [0, 0.1) is 0 Å². The lowest BCUT2D eigenvalue weighted by molar-refractivity contribution is -0.143. The van der Waals surface area contributed by atoms with Crippen LogP contribution in [0.4, 0.5) is 0 Å². The largest absolute Gasteiger partial charge is 0.480 e. The number of rotatable bonds is 6. The zero-order valence-corrected chi connectivity index (χ0v) is 8.64. The lowest BCUT2D eigenvalue weighted by Gasteiger charge is -2.13. The molecule has 4 heteroatoms. The molecule has 1 aromatic carbocycles. The molecule has 15 heavy (non-hydrogen) atoms. The van der Waals surface area contributed by atoms with Gasteiger partial charge in [-0.1, -0.05) is 30.3 Å². The molecule has 0 bridgehead atoms. The molecule has 0 radical (unpaired) electrons. The third kappa shape index (κ3) is 4.10. The first kappa shape index (κ1) is 11.7. The first-order valence-electron chi connectivity index (χ1n) is 4.88. The van der Waals surface area contributed by atoms with E-state index in [9.17, 15) is 4.79 Å². The molecule has 0 heterocycles. The maximum Gasteiger partial charge on any atom is 0.323 e. The zero-order chi connectivity index (χ0) is 11.1. The first-order chi connectivity index (χ1) is 7.24. The van der Waals surface area contributed by atoms with Gasteiger partial charge in [0.15, 0.2) is 0 Å². The fourth-order valence-electron chi connectivity index (χ4n) is 1.21. The van der Waals surface area contributed by atoms with E-state index in [1.54, 1.807) is 6.92 Å². The Morgan fingerprint density at radius 1 is 1.47 bits per heavy atom. The molecular formula is C11H15NO3. The Morgan fingerprint density at radius 2 is 2.13 bits per heavy atom. The van der Waals surface area contributed by atoms with Crippen molar-refractivity contribution in [2.75, 3.05) is 6.61 Å². The Hall–Kier alpha value is -1.39. The van der Waals surface area contributed by atoms with Crippen LogP contribution < -0.4 is 5.48 Å². The highest BCUT2D eigenvalue weighted by atomic mass is 16.6. The summed E-state index contributed by atoms with van der Waals surface area (Å²) in [6.07, 6.45) is 0.413. The molecule has 4 nitrogen and oxygen atoms in total. The van der Waals surface area contributed by atoms with Gasteiger partial charge in [-0.15, -0.1) is 0 Å². The van der Waals surface area contributed by atoms with Gasteiger partial charge in [0.2, 0.25) is 0 Å². The van der Waals surface area contributed by atoms with Gasteiger partial charge in [0, 0.05) is 6.42 Å². The predicted octanol–water partition coefficient (Wildman–Crippen LogP) is 1.22.